The van der Waals surface area contributed by atoms with Gasteiger partial charge in [-0.05, 0) is 25.1 Å². The number of pyridine rings is 1. The summed E-state index contributed by atoms with van der Waals surface area (Å²) in [4.78, 5) is 12.3. The van der Waals surface area contributed by atoms with Gasteiger partial charge in [0.1, 0.15) is 10.7 Å². The fraction of sp³-hybridized carbons (Fsp3) is 0.250. The number of hydrogen-bond donors (Lipinski definition) is 0. The van der Waals surface area contributed by atoms with Crippen molar-refractivity contribution in [1.82, 2.24) is 4.57 Å². The fourth-order valence-corrected chi connectivity index (χ4v) is 2.45. The molecule has 5 heteroatoms. The van der Waals surface area contributed by atoms with Crippen LogP contribution in [0.3, 0.4) is 0 Å². The summed E-state index contributed by atoms with van der Waals surface area (Å²) in [5.41, 5.74) is 0.247. The molecule has 1 aromatic carbocycles. The molecule has 1 atom stereocenters. The third-order valence-corrected chi connectivity index (χ3v) is 3.57. The van der Waals surface area contributed by atoms with E-state index in [1.54, 1.807) is 10.8 Å². The predicted molar refractivity (Wildman–Crippen MR) is 66.2 cm³/mol. The summed E-state index contributed by atoms with van der Waals surface area (Å²) in [6, 6.07) is 4.00. The molecule has 2 rings (SSSR count). The zero-order chi connectivity index (χ0) is 12.6. The molecule has 1 unspecified atom stereocenters. The minimum Gasteiger partial charge on any atom is -0.346 e. The molecule has 0 fully saturated rings. The Kier molecular flexibility index (Phi) is 3.11. The van der Waals surface area contributed by atoms with E-state index < -0.39 is 10.8 Å². The van der Waals surface area contributed by atoms with Crippen molar-refractivity contribution in [2.24, 2.45) is 0 Å². The number of aromatic nitrogens is 1. The molecule has 0 saturated carbocycles. The van der Waals surface area contributed by atoms with Crippen molar-refractivity contribution in [1.29, 1.82) is 0 Å². The SMILES string of the molecule is CCn1cc(S(C)=O)c(=O)c2ccc(F)cc21. The van der Waals surface area contributed by atoms with E-state index in [4.69, 9.17) is 0 Å². The first kappa shape index (κ1) is 12.0. The van der Waals surface area contributed by atoms with E-state index in [1.807, 2.05) is 6.92 Å². The number of rotatable bonds is 2. The summed E-state index contributed by atoms with van der Waals surface area (Å²) in [7, 11) is -1.34. The second-order valence-electron chi connectivity index (χ2n) is 3.72. The molecule has 0 saturated heterocycles. The van der Waals surface area contributed by atoms with E-state index in [1.165, 1.54) is 24.5 Å². The lowest BCUT2D eigenvalue weighted by Gasteiger charge is -2.10. The monoisotopic (exact) mass is 253 g/mol. The molecule has 0 spiro atoms. The Bertz CT molecular complexity index is 663. The molecule has 0 aliphatic rings. The molecule has 2 aromatic rings. The van der Waals surface area contributed by atoms with E-state index in [-0.39, 0.29) is 16.1 Å². The average molecular weight is 253 g/mol. The van der Waals surface area contributed by atoms with Crippen molar-refractivity contribution >= 4 is 21.7 Å². The zero-order valence-corrected chi connectivity index (χ0v) is 10.4. The normalized spacial score (nSPS) is 12.9. The van der Waals surface area contributed by atoms with Crippen molar-refractivity contribution < 1.29 is 8.60 Å². The average Bonchev–Trinajstić information content (AvgIpc) is 2.29. The lowest BCUT2D eigenvalue weighted by atomic mass is 10.2. The number of halogens is 1. The highest BCUT2D eigenvalue weighted by Gasteiger charge is 2.11. The van der Waals surface area contributed by atoms with E-state index in [0.29, 0.717) is 17.4 Å². The van der Waals surface area contributed by atoms with Gasteiger partial charge in [-0.25, -0.2) is 4.39 Å². The first-order chi connectivity index (χ1) is 8.04. The molecular weight excluding hydrogens is 241 g/mol. The topological polar surface area (TPSA) is 39.1 Å². The van der Waals surface area contributed by atoms with Gasteiger partial charge in [-0.1, -0.05) is 0 Å². The molecule has 0 aliphatic carbocycles. The molecule has 1 heterocycles. The maximum atomic E-state index is 13.2. The zero-order valence-electron chi connectivity index (χ0n) is 9.57. The Labute approximate surface area is 100 Å². The molecule has 0 bridgehead atoms. The van der Waals surface area contributed by atoms with Crippen molar-refractivity contribution in [3.8, 4) is 0 Å². The van der Waals surface area contributed by atoms with E-state index in [2.05, 4.69) is 0 Å². The third kappa shape index (κ3) is 2.02. The van der Waals surface area contributed by atoms with Crippen LogP contribution in [-0.4, -0.2) is 15.0 Å². The Morgan fingerprint density at radius 3 is 2.71 bits per heavy atom. The third-order valence-electron chi connectivity index (χ3n) is 2.66. The lowest BCUT2D eigenvalue weighted by molar-refractivity contribution is 0.627. The minimum absolute atomic E-state index is 0.256. The van der Waals surface area contributed by atoms with Gasteiger partial charge in [-0.2, -0.15) is 0 Å². The number of aryl methyl sites for hydroxylation is 1. The maximum Gasteiger partial charge on any atom is 0.205 e. The van der Waals surface area contributed by atoms with Crippen LogP contribution in [0.2, 0.25) is 0 Å². The van der Waals surface area contributed by atoms with Gasteiger partial charge < -0.3 is 4.57 Å². The highest BCUT2D eigenvalue weighted by Crippen LogP contribution is 2.15. The summed E-state index contributed by atoms with van der Waals surface area (Å²) in [6.07, 6.45) is 3.01. The smallest absolute Gasteiger partial charge is 0.205 e. The van der Waals surface area contributed by atoms with Crippen LogP contribution in [0.1, 0.15) is 6.92 Å². The van der Waals surface area contributed by atoms with Gasteiger partial charge in [0.25, 0.3) is 0 Å². The fourth-order valence-electron chi connectivity index (χ4n) is 1.80. The Balaban J connectivity index is 2.95. The van der Waals surface area contributed by atoms with Crippen LogP contribution in [0.5, 0.6) is 0 Å². The molecule has 90 valence electrons. The van der Waals surface area contributed by atoms with Gasteiger partial charge in [-0.3, -0.25) is 9.00 Å². The summed E-state index contributed by atoms with van der Waals surface area (Å²) >= 11 is 0. The molecule has 0 N–H and O–H groups in total. The van der Waals surface area contributed by atoms with Crippen molar-refractivity contribution in [3.63, 3.8) is 0 Å². The molecule has 1 aromatic heterocycles. The van der Waals surface area contributed by atoms with E-state index in [0.717, 1.165) is 0 Å². The van der Waals surface area contributed by atoms with Crippen LogP contribution in [0, 0.1) is 5.82 Å². The molecule has 0 aliphatic heterocycles. The highest BCUT2D eigenvalue weighted by molar-refractivity contribution is 7.84. The predicted octanol–water partition coefficient (Wildman–Crippen LogP) is 1.90. The van der Waals surface area contributed by atoms with Crippen molar-refractivity contribution in [2.45, 2.75) is 18.4 Å². The van der Waals surface area contributed by atoms with Crippen LogP contribution in [0.4, 0.5) is 4.39 Å². The lowest BCUT2D eigenvalue weighted by Crippen LogP contribution is -2.15. The van der Waals surface area contributed by atoms with Gasteiger partial charge in [0.05, 0.1) is 16.3 Å². The summed E-state index contributed by atoms with van der Waals surface area (Å²) < 4.78 is 26.4. The second-order valence-corrected chi connectivity index (χ2v) is 5.07. The van der Waals surface area contributed by atoms with Crippen LogP contribution in [0.15, 0.2) is 34.1 Å². The van der Waals surface area contributed by atoms with Gasteiger partial charge in [0.2, 0.25) is 5.43 Å². The van der Waals surface area contributed by atoms with Crippen molar-refractivity contribution in [3.05, 3.63) is 40.4 Å². The summed E-state index contributed by atoms with van der Waals surface area (Å²) in [5.74, 6) is -0.385. The standard InChI is InChI=1S/C12H12FNO2S/c1-3-14-7-11(17(2)16)12(15)9-5-4-8(13)6-10(9)14/h4-7H,3H2,1-2H3. The molecule has 17 heavy (non-hydrogen) atoms. The Morgan fingerprint density at radius 1 is 1.41 bits per heavy atom. The summed E-state index contributed by atoms with van der Waals surface area (Å²) in [6.45, 7) is 2.47. The van der Waals surface area contributed by atoms with Gasteiger partial charge in [0.15, 0.2) is 0 Å². The number of nitrogens with zero attached hydrogens (tertiary/aromatic N) is 1. The summed E-state index contributed by atoms with van der Waals surface area (Å²) in [5, 5.41) is 0.404. The Morgan fingerprint density at radius 2 is 2.12 bits per heavy atom. The van der Waals surface area contributed by atoms with Crippen LogP contribution < -0.4 is 5.43 Å². The first-order valence-corrected chi connectivity index (χ1v) is 6.76. The molecule has 0 amide bonds. The van der Waals surface area contributed by atoms with Gasteiger partial charge >= 0.3 is 0 Å². The second kappa shape index (κ2) is 4.41. The number of hydrogen-bond acceptors (Lipinski definition) is 2. The van der Waals surface area contributed by atoms with Crippen LogP contribution >= 0.6 is 0 Å². The minimum atomic E-state index is -1.34. The van der Waals surface area contributed by atoms with Crippen LogP contribution in [0.25, 0.3) is 10.9 Å². The quantitative estimate of drug-likeness (QED) is 0.820. The first-order valence-electron chi connectivity index (χ1n) is 5.20. The molecule has 0 radical (unpaired) electrons. The van der Waals surface area contributed by atoms with E-state index >= 15 is 0 Å². The number of fused-ring (bicyclic) bond motifs is 1. The maximum absolute atomic E-state index is 13.2. The molecule has 3 nitrogen and oxygen atoms in total. The van der Waals surface area contributed by atoms with Crippen molar-refractivity contribution in [2.75, 3.05) is 6.26 Å². The van der Waals surface area contributed by atoms with Gasteiger partial charge in [0, 0.05) is 24.4 Å². The Hall–Kier alpha value is -1.49. The van der Waals surface area contributed by atoms with E-state index in [9.17, 15) is 13.4 Å². The van der Waals surface area contributed by atoms with Crippen LogP contribution in [-0.2, 0) is 17.3 Å². The largest absolute Gasteiger partial charge is 0.346 e. The molecular formula is C12H12FNO2S. The van der Waals surface area contributed by atoms with Gasteiger partial charge in [-0.15, -0.1) is 0 Å². The highest BCUT2D eigenvalue weighted by atomic mass is 32.2. The number of benzene rings is 1.